The number of alkyl halides is 3. The Balaban J connectivity index is 0.00000176. The Bertz CT molecular complexity index is 1380. The predicted octanol–water partition coefficient (Wildman–Crippen LogP) is 4.71. The van der Waals surface area contributed by atoms with Crippen LogP contribution in [0.25, 0.3) is 27.4 Å². The molecular weight excluding hydrogens is 493 g/mol. The van der Waals surface area contributed by atoms with E-state index in [-0.39, 0.29) is 16.8 Å². The van der Waals surface area contributed by atoms with E-state index in [4.69, 9.17) is 10.8 Å². The highest BCUT2D eigenvalue weighted by Gasteiger charge is 2.34. The van der Waals surface area contributed by atoms with Gasteiger partial charge in [-0.15, -0.1) is 11.3 Å². The number of nitrogens with one attached hydrogen (secondary N) is 1. The van der Waals surface area contributed by atoms with Crippen molar-refractivity contribution in [3.8, 4) is 11.3 Å². The number of hydrogen-bond donors (Lipinski definition) is 3. The van der Waals surface area contributed by atoms with Crippen LogP contribution in [0.2, 0.25) is 0 Å². The Hall–Kier alpha value is -4.09. The normalized spacial score (nSPS) is 11.2. The van der Waals surface area contributed by atoms with Crippen LogP contribution in [0.15, 0.2) is 60.9 Å². The molecule has 3 heterocycles. The SMILES string of the molecule is CO.Nc1ccc(/C=C/C(=O)NCc2cc3cc(-c4ccc(C=O)cn4)cc(C(F)(F)F)c3s2)cn1. The number of benzene rings is 1. The molecule has 36 heavy (non-hydrogen) atoms. The van der Waals surface area contributed by atoms with E-state index in [2.05, 4.69) is 15.3 Å². The van der Waals surface area contributed by atoms with Gasteiger partial charge < -0.3 is 16.2 Å². The fourth-order valence-electron chi connectivity index (χ4n) is 3.22. The van der Waals surface area contributed by atoms with E-state index in [1.54, 1.807) is 30.3 Å². The van der Waals surface area contributed by atoms with Crippen molar-refractivity contribution in [1.29, 1.82) is 0 Å². The minimum Gasteiger partial charge on any atom is -0.400 e. The Kier molecular flexibility index (Phi) is 8.51. The number of aliphatic hydroxyl groups excluding tert-OH is 1. The van der Waals surface area contributed by atoms with Crippen LogP contribution in [0.1, 0.15) is 26.4 Å². The summed E-state index contributed by atoms with van der Waals surface area (Å²) in [6, 6.07) is 10.6. The van der Waals surface area contributed by atoms with Gasteiger partial charge >= 0.3 is 6.18 Å². The van der Waals surface area contributed by atoms with Crippen LogP contribution in [0.3, 0.4) is 0 Å². The first-order valence-electron chi connectivity index (χ1n) is 10.4. The number of nitrogens with two attached hydrogens (primary N) is 1. The van der Waals surface area contributed by atoms with Gasteiger partial charge in [0.15, 0.2) is 6.29 Å². The number of halogens is 3. The molecule has 3 aromatic heterocycles. The summed E-state index contributed by atoms with van der Waals surface area (Å²) in [5.41, 5.74) is 6.36. The van der Waals surface area contributed by atoms with Gasteiger partial charge in [-0.3, -0.25) is 14.6 Å². The second-order valence-corrected chi connectivity index (χ2v) is 8.45. The highest BCUT2D eigenvalue weighted by atomic mass is 32.1. The lowest BCUT2D eigenvalue weighted by Gasteiger charge is -2.10. The number of aldehydes is 1. The molecule has 0 fully saturated rings. The molecule has 0 spiro atoms. The van der Waals surface area contributed by atoms with Crippen molar-refractivity contribution in [2.24, 2.45) is 0 Å². The molecule has 4 rings (SSSR count). The molecule has 4 aromatic rings. The summed E-state index contributed by atoms with van der Waals surface area (Å²) >= 11 is 0.969. The third-order valence-electron chi connectivity index (χ3n) is 4.86. The molecule has 0 saturated heterocycles. The van der Waals surface area contributed by atoms with E-state index in [1.165, 1.54) is 30.6 Å². The van der Waals surface area contributed by atoms with Crippen molar-refractivity contribution < 1.29 is 27.9 Å². The Morgan fingerprint density at radius 1 is 1.08 bits per heavy atom. The van der Waals surface area contributed by atoms with Crippen molar-refractivity contribution in [1.82, 2.24) is 15.3 Å². The first-order chi connectivity index (χ1) is 17.2. The number of nitrogen functional groups attached to an aromatic ring is 1. The summed E-state index contributed by atoms with van der Waals surface area (Å²) in [5.74, 6) is -0.0352. The molecule has 0 unspecified atom stereocenters. The lowest BCUT2D eigenvalue weighted by atomic mass is 10.0. The molecule has 1 aromatic carbocycles. The maximum Gasteiger partial charge on any atom is 0.417 e. The topological polar surface area (TPSA) is 118 Å². The molecule has 0 aliphatic carbocycles. The molecule has 11 heteroatoms. The molecular formula is C25H21F3N4O3S. The van der Waals surface area contributed by atoms with Gasteiger partial charge in [-0.2, -0.15) is 13.2 Å². The zero-order valence-electron chi connectivity index (χ0n) is 18.9. The predicted molar refractivity (Wildman–Crippen MR) is 133 cm³/mol. The molecule has 0 saturated carbocycles. The van der Waals surface area contributed by atoms with E-state index < -0.39 is 17.6 Å². The van der Waals surface area contributed by atoms with Crippen molar-refractivity contribution in [2.45, 2.75) is 12.7 Å². The zero-order valence-corrected chi connectivity index (χ0v) is 19.7. The molecule has 1 amide bonds. The number of fused-ring (bicyclic) bond motifs is 1. The number of pyridine rings is 2. The molecule has 0 aliphatic rings. The zero-order chi connectivity index (χ0) is 26.3. The summed E-state index contributed by atoms with van der Waals surface area (Å²) < 4.78 is 41.4. The molecule has 0 atom stereocenters. The monoisotopic (exact) mass is 514 g/mol. The van der Waals surface area contributed by atoms with Gasteiger partial charge in [-0.1, -0.05) is 0 Å². The number of rotatable bonds is 6. The number of nitrogens with zero attached hydrogens (tertiary/aromatic N) is 2. The fraction of sp³-hybridized carbons (Fsp3) is 0.120. The van der Waals surface area contributed by atoms with Crippen molar-refractivity contribution in [3.05, 3.63) is 82.5 Å². The Morgan fingerprint density at radius 3 is 2.42 bits per heavy atom. The molecule has 186 valence electrons. The van der Waals surface area contributed by atoms with Gasteiger partial charge in [0, 0.05) is 46.3 Å². The van der Waals surface area contributed by atoms with Gasteiger partial charge in [0.25, 0.3) is 0 Å². The number of thiophene rings is 1. The van der Waals surface area contributed by atoms with Gasteiger partial charge in [0.05, 0.1) is 17.8 Å². The highest BCUT2D eigenvalue weighted by molar-refractivity contribution is 7.19. The van der Waals surface area contributed by atoms with Crippen molar-refractivity contribution >= 4 is 45.5 Å². The van der Waals surface area contributed by atoms with Gasteiger partial charge in [-0.25, -0.2) is 4.98 Å². The average molecular weight is 515 g/mol. The van der Waals surface area contributed by atoms with Crippen molar-refractivity contribution in [3.63, 3.8) is 0 Å². The standard InChI is InChI=1S/C24H17F3N4O2S.CH4O/c25-24(26,27)19-9-16(20-4-1-15(13-32)11-29-20)7-17-8-18(34-23(17)19)12-31-22(33)6-3-14-2-5-21(28)30-10-14;1-2/h1-11,13H,12H2,(H2,28,30)(H,31,33);2H,1H3/b6-3+;. The first kappa shape index (κ1) is 26.5. The number of carbonyl (C=O) groups excluding carboxylic acids is 2. The van der Waals surface area contributed by atoms with Crippen LogP contribution in [-0.2, 0) is 17.5 Å². The lowest BCUT2D eigenvalue weighted by Crippen LogP contribution is -2.19. The smallest absolute Gasteiger partial charge is 0.400 e. The van der Waals surface area contributed by atoms with Gasteiger partial charge in [0.2, 0.25) is 5.91 Å². The number of amides is 1. The number of aliphatic hydroxyl groups is 1. The minimum absolute atomic E-state index is 0.0709. The first-order valence-corrected chi connectivity index (χ1v) is 11.2. The van der Waals surface area contributed by atoms with E-state index in [9.17, 15) is 22.8 Å². The van der Waals surface area contributed by atoms with Crippen LogP contribution < -0.4 is 11.1 Å². The van der Waals surface area contributed by atoms with Crippen LogP contribution >= 0.6 is 11.3 Å². The van der Waals surface area contributed by atoms with Crippen LogP contribution in [0.5, 0.6) is 0 Å². The second kappa shape index (κ2) is 11.6. The lowest BCUT2D eigenvalue weighted by molar-refractivity contribution is -0.136. The van der Waals surface area contributed by atoms with Crippen LogP contribution in [-0.4, -0.2) is 34.4 Å². The summed E-state index contributed by atoms with van der Waals surface area (Å²) in [7, 11) is 1.00. The molecule has 0 bridgehead atoms. The van der Waals surface area contributed by atoms with E-state index in [1.807, 2.05) is 0 Å². The van der Waals surface area contributed by atoms with Crippen molar-refractivity contribution in [2.75, 3.05) is 12.8 Å². The highest BCUT2D eigenvalue weighted by Crippen LogP contribution is 2.41. The van der Waals surface area contributed by atoms with Crippen LogP contribution in [0.4, 0.5) is 19.0 Å². The summed E-state index contributed by atoms with van der Waals surface area (Å²) in [6.07, 6.45) is 1.74. The Morgan fingerprint density at radius 2 is 1.81 bits per heavy atom. The third-order valence-corrected chi connectivity index (χ3v) is 6.05. The number of carbonyl (C=O) groups is 2. The summed E-state index contributed by atoms with van der Waals surface area (Å²) in [4.78, 5) is 31.5. The summed E-state index contributed by atoms with van der Waals surface area (Å²) in [6.45, 7) is 0.0709. The number of anilines is 1. The maximum absolute atomic E-state index is 13.8. The van der Waals surface area contributed by atoms with E-state index in [0.717, 1.165) is 24.5 Å². The molecule has 7 nitrogen and oxygen atoms in total. The Labute approximate surface area is 208 Å². The second-order valence-electron chi connectivity index (χ2n) is 7.31. The largest absolute Gasteiger partial charge is 0.417 e. The molecule has 0 radical (unpaired) electrons. The maximum atomic E-state index is 13.8. The minimum atomic E-state index is -4.57. The van der Waals surface area contributed by atoms with E-state index in [0.29, 0.717) is 39.2 Å². The number of aromatic nitrogens is 2. The quantitative estimate of drug-likeness (QED) is 0.253. The molecule has 0 aliphatic heterocycles. The molecule has 4 N–H and O–H groups in total. The number of hydrogen-bond acceptors (Lipinski definition) is 7. The summed E-state index contributed by atoms with van der Waals surface area (Å²) in [5, 5.41) is 10.1. The third kappa shape index (κ3) is 6.52. The van der Waals surface area contributed by atoms with E-state index >= 15 is 0 Å². The van der Waals surface area contributed by atoms with Crippen LogP contribution in [0, 0.1) is 0 Å². The van der Waals surface area contributed by atoms with Gasteiger partial charge in [-0.05, 0) is 59.5 Å². The fourth-order valence-corrected chi connectivity index (χ4v) is 4.33. The van der Waals surface area contributed by atoms with Gasteiger partial charge in [0.1, 0.15) is 5.82 Å². The average Bonchev–Trinajstić information content (AvgIpc) is 3.30.